The minimum atomic E-state index is 0.879. The first-order valence-electron chi connectivity index (χ1n) is 7.89. The number of hydrogen-bond acceptors (Lipinski definition) is 3. The van der Waals surface area contributed by atoms with Crippen molar-refractivity contribution in [2.75, 3.05) is 19.0 Å². The van der Waals surface area contributed by atoms with E-state index in [0.29, 0.717) is 0 Å². The lowest BCUT2D eigenvalue weighted by atomic mass is 10.0. The molecule has 0 bridgehead atoms. The first kappa shape index (κ1) is 14.5. The lowest BCUT2D eigenvalue weighted by Crippen LogP contribution is -2.07. The van der Waals surface area contributed by atoms with Gasteiger partial charge in [-0.1, -0.05) is 18.2 Å². The summed E-state index contributed by atoms with van der Waals surface area (Å²) in [6.07, 6.45) is 5.69. The molecular weight excluding hydrogens is 296 g/mol. The summed E-state index contributed by atoms with van der Waals surface area (Å²) in [4.78, 5) is 14.3. The van der Waals surface area contributed by atoms with Gasteiger partial charge in [-0.25, -0.2) is 4.98 Å². The van der Waals surface area contributed by atoms with E-state index in [1.165, 1.54) is 5.69 Å². The van der Waals surface area contributed by atoms with Crippen molar-refractivity contribution in [3.63, 3.8) is 0 Å². The van der Waals surface area contributed by atoms with E-state index in [0.717, 1.165) is 33.4 Å². The molecule has 4 rings (SSSR count). The number of pyridine rings is 2. The maximum atomic E-state index is 4.57. The zero-order valence-corrected chi connectivity index (χ0v) is 13.7. The Morgan fingerprint density at radius 2 is 1.75 bits per heavy atom. The zero-order valence-electron chi connectivity index (χ0n) is 13.7. The Morgan fingerprint density at radius 1 is 0.917 bits per heavy atom. The number of nitrogens with zero attached hydrogens (tertiary/aromatic N) is 3. The van der Waals surface area contributed by atoms with E-state index < -0.39 is 0 Å². The van der Waals surface area contributed by atoms with Crippen LogP contribution < -0.4 is 4.90 Å². The van der Waals surface area contributed by atoms with Crippen molar-refractivity contribution >= 4 is 16.7 Å². The molecule has 3 heterocycles. The number of anilines is 1. The van der Waals surface area contributed by atoms with Crippen molar-refractivity contribution in [2.24, 2.45) is 0 Å². The number of aromatic nitrogens is 3. The molecule has 0 aliphatic rings. The summed E-state index contributed by atoms with van der Waals surface area (Å²) in [5.41, 5.74) is 6.34. The van der Waals surface area contributed by atoms with Crippen LogP contribution in [-0.2, 0) is 0 Å². The van der Waals surface area contributed by atoms with E-state index in [9.17, 15) is 0 Å². The molecule has 4 heteroatoms. The average molecular weight is 314 g/mol. The fourth-order valence-electron chi connectivity index (χ4n) is 2.85. The van der Waals surface area contributed by atoms with Crippen LogP contribution in [0.4, 0.5) is 5.69 Å². The van der Waals surface area contributed by atoms with Crippen molar-refractivity contribution in [1.82, 2.24) is 15.0 Å². The smallest absolute Gasteiger partial charge is 0.137 e. The van der Waals surface area contributed by atoms with Crippen molar-refractivity contribution in [2.45, 2.75) is 0 Å². The van der Waals surface area contributed by atoms with Crippen LogP contribution in [-0.4, -0.2) is 29.0 Å². The van der Waals surface area contributed by atoms with E-state index in [1.807, 2.05) is 50.9 Å². The Balaban J connectivity index is 1.80. The summed E-state index contributed by atoms with van der Waals surface area (Å²) >= 11 is 0. The summed E-state index contributed by atoms with van der Waals surface area (Å²) in [5.74, 6) is 0. The molecule has 0 fully saturated rings. The van der Waals surface area contributed by atoms with Gasteiger partial charge in [0.05, 0.1) is 5.69 Å². The van der Waals surface area contributed by atoms with Gasteiger partial charge in [0.2, 0.25) is 0 Å². The third kappa shape index (κ3) is 2.52. The fourth-order valence-corrected chi connectivity index (χ4v) is 2.85. The van der Waals surface area contributed by atoms with E-state index in [4.69, 9.17) is 0 Å². The second-order valence-corrected chi connectivity index (χ2v) is 5.98. The molecule has 0 atom stereocenters. The van der Waals surface area contributed by atoms with Crippen LogP contribution in [0.5, 0.6) is 0 Å². The Hall–Kier alpha value is -3.14. The molecule has 4 aromatic rings. The average Bonchev–Trinajstić information content (AvgIpc) is 3.05. The highest BCUT2D eigenvalue weighted by atomic mass is 15.1. The first-order chi connectivity index (χ1) is 11.7. The van der Waals surface area contributed by atoms with E-state index in [1.54, 1.807) is 0 Å². The number of hydrogen-bond donors (Lipinski definition) is 1. The van der Waals surface area contributed by atoms with Crippen LogP contribution in [0.15, 0.2) is 67.1 Å². The molecule has 0 aliphatic carbocycles. The number of nitrogens with one attached hydrogen (secondary N) is 1. The lowest BCUT2D eigenvalue weighted by Gasteiger charge is -2.12. The van der Waals surface area contributed by atoms with Gasteiger partial charge in [-0.05, 0) is 35.9 Å². The minimum Gasteiger partial charge on any atom is -0.378 e. The van der Waals surface area contributed by atoms with Crippen molar-refractivity contribution < 1.29 is 0 Å². The van der Waals surface area contributed by atoms with Gasteiger partial charge in [-0.15, -0.1) is 0 Å². The quantitative estimate of drug-likeness (QED) is 0.611. The molecule has 0 unspecified atom stereocenters. The Morgan fingerprint density at radius 3 is 2.46 bits per heavy atom. The number of rotatable bonds is 3. The standard InChI is InChI=1S/C20H18N4/c1-24(2)16-8-6-14(7-9-16)15-11-17-18(13-23-20(17)22-12-15)19-5-3-4-10-21-19/h3-13H,1-2H3,(H,22,23). The summed E-state index contributed by atoms with van der Waals surface area (Å²) < 4.78 is 0. The van der Waals surface area contributed by atoms with Crippen LogP contribution in [0.3, 0.4) is 0 Å². The summed E-state index contributed by atoms with van der Waals surface area (Å²) in [6.45, 7) is 0. The van der Waals surface area contributed by atoms with Crippen LogP contribution >= 0.6 is 0 Å². The van der Waals surface area contributed by atoms with Gasteiger partial charge in [-0.3, -0.25) is 4.98 Å². The number of H-pyrrole nitrogens is 1. The molecule has 1 N–H and O–H groups in total. The third-order valence-corrected chi connectivity index (χ3v) is 4.19. The van der Waals surface area contributed by atoms with Gasteiger partial charge in [-0.2, -0.15) is 0 Å². The van der Waals surface area contributed by atoms with Crippen molar-refractivity contribution in [3.05, 3.63) is 67.1 Å². The van der Waals surface area contributed by atoms with Crippen LogP contribution in [0.1, 0.15) is 0 Å². The molecule has 0 aliphatic heterocycles. The van der Waals surface area contributed by atoms with E-state index >= 15 is 0 Å². The Labute approximate surface area is 140 Å². The normalized spacial score (nSPS) is 10.9. The summed E-state index contributed by atoms with van der Waals surface area (Å²) in [5, 5.41) is 1.09. The molecule has 0 saturated heterocycles. The van der Waals surface area contributed by atoms with Gasteiger partial charge < -0.3 is 9.88 Å². The van der Waals surface area contributed by atoms with Gasteiger partial charge >= 0.3 is 0 Å². The zero-order chi connectivity index (χ0) is 16.5. The fraction of sp³-hybridized carbons (Fsp3) is 0.100. The minimum absolute atomic E-state index is 0.879. The van der Waals surface area contributed by atoms with Crippen LogP contribution in [0, 0.1) is 0 Å². The third-order valence-electron chi connectivity index (χ3n) is 4.19. The molecule has 24 heavy (non-hydrogen) atoms. The molecule has 4 nitrogen and oxygen atoms in total. The van der Waals surface area contributed by atoms with Gasteiger partial charge in [0.15, 0.2) is 0 Å². The monoisotopic (exact) mass is 314 g/mol. The van der Waals surface area contributed by atoms with E-state index in [-0.39, 0.29) is 0 Å². The predicted octanol–water partition coefficient (Wildman–Crippen LogP) is 4.36. The maximum Gasteiger partial charge on any atom is 0.137 e. The highest BCUT2D eigenvalue weighted by Crippen LogP contribution is 2.30. The van der Waals surface area contributed by atoms with E-state index in [2.05, 4.69) is 50.2 Å². The number of benzene rings is 1. The second kappa shape index (κ2) is 5.81. The molecule has 0 spiro atoms. The number of fused-ring (bicyclic) bond motifs is 1. The summed E-state index contributed by atoms with van der Waals surface area (Å²) in [7, 11) is 4.09. The SMILES string of the molecule is CN(C)c1ccc(-c2cnc3[nH]cc(-c4ccccn4)c3c2)cc1. The van der Waals surface area contributed by atoms with Crippen molar-refractivity contribution in [1.29, 1.82) is 0 Å². The first-order valence-corrected chi connectivity index (χ1v) is 7.89. The van der Waals surface area contributed by atoms with Crippen molar-refractivity contribution in [3.8, 4) is 22.4 Å². The maximum absolute atomic E-state index is 4.57. The van der Waals surface area contributed by atoms with Gasteiger partial charge in [0.25, 0.3) is 0 Å². The molecule has 118 valence electrons. The van der Waals surface area contributed by atoms with Gasteiger partial charge in [0, 0.05) is 54.9 Å². The molecular formula is C20H18N4. The van der Waals surface area contributed by atoms with Crippen LogP contribution in [0.2, 0.25) is 0 Å². The predicted molar refractivity (Wildman–Crippen MR) is 99.1 cm³/mol. The molecule has 0 saturated carbocycles. The molecule has 3 aromatic heterocycles. The molecule has 1 aromatic carbocycles. The molecule has 0 radical (unpaired) electrons. The summed E-state index contributed by atoms with van der Waals surface area (Å²) in [6, 6.07) is 16.6. The number of aromatic amines is 1. The van der Waals surface area contributed by atoms with Gasteiger partial charge in [0.1, 0.15) is 5.65 Å². The van der Waals surface area contributed by atoms with Crippen LogP contribution in [0.25, 0.3) is 33.4 Å². The second-order valence-electron chi connectivity index (χ2n) is 5.98. The largest absolute Gasteiger partial charge is 0.378 e. The lowest BCUT2D eigenvalue weighted by molar-refractivity contribution is 1.13. The Bertz CT molecular complexity index is 970. The Kier molecular flexibility index (Phi) is 3.50. The highest BCUT2D eigenvalue weighted by Gasteiger charge is 2.09. The topological polar surface area (TPSA) is 44.8 Å². The molecule has 0 amide bonds. The highest BCUT2D eigenvalue weighted by molar-refractivity contribution is 5.94.